The number of rotatable bonds is 3. The van der Waals surface area contributed by atoms with Gasteiger partial charge >= 0.3 is 11.8 Å². The summed E-state index contributed by atoms with van der Waals surface area (Å²) < 4.78 is 7.85. The van der Waals surface area contributed by atoms with Gasteiger partial charge in [-0.1, -0.05) is 0 Å². The van der Waals surface area contributed by atoms with Crippen LogP contribution < -0.4 is 5.69 Å². The number of hydrogen-bond acceptors (Lipinski definition) is 6. The molecule has 2 aliphatic heterocycles. The Morgan fingerprint density at radius 2 is 2.32 bits per heavy atom. The number of nitrogens with zero attached hydrogens (tertiary/aromatic N) is 5. The van der Waals surface area contributed by atoms with Crippen LogP contribution >= 0.6 is 0 Å². The molecule has 9 heteroatoms. The van der Waals surface area contributed by atoms with Crippen molar-refractivity contribution in [3.05, 3.63) is 39.7 Å². The monoisotopic (exact) mass is 379 g/mol. The van der Waals surface area contributed by atoms with Crippen LogP contribution in [0.25, 0.3) is 5.69 Å². The molecule has 142 valence electrons. The summed E-state index contributed by atoms with van der Waals surface area (Å²) in [6, 6.07) is 2.92. The van der Waals surface area contributed by atoms with Crippen molar-refractivity contribution < 1.29 is 14.6 Å². The fourth-order valence-corrected chi connectivity index (χ4v) is 3.96. The highest BCUT2D eigenvalue weighted by molar-refractivity contribution is 5.69. The van der Waals surface area contributed by atoms with Crippen LogP contribution in [0.5, 0.6) is 5.88 Å². The summed E-state index contributed by atoms with van der Waals surface area (Å²) in [6.45, 7) is 2.16. The SMILES string of the molecule is C#CCCOC(=O)N1C[C@H]2CC1c1c(O)n(-c3cnc(C#N)c(C)c3)c(=O)n12. The summed E-state index contributed by atoms with van der Waals surface area (Å²) in [5, 5.41) is 19.8. The van der Waals surface area contributed by atoms with Crippen LogP contribution in [0, 0.1) is 30.6 Å². The second-order valence-electron chi connectivity index (χ2n) is 6.79. The lowest BCUT2D eigenvalue weighted by Crippen LogP contribution is -2.38. The maximum absolute atomic E-state index is 12.9. The van der Waals surface area contributed by atoms with Gasteiger partial charge in [-0.05, 0) is 25.0 Å². The van der Waals surface area contributed by atoms with Gasteiger partial charge in [0.25, 0.3) is 0 Å². The molecular formula is C19H17N5O4. The molecule has 0 aliphatic carbocycles. The van der Waals surface area contributed by atoms with E-state index < -0.39 is 17.8 Å². The van der Waals surface area contributed by atoms with Gasteiger partial charge in [-0.25, -0.2) is 19.1 Å². The highest BCUT2D eigenvalue weighted by Crippen LogP contribution is 2.48. The molecule has 0 saturated carbocycles. The number of amides is 1. The van der Waals surface area contributed by atoms with E-state index in [2.05, 4.69) is 10.9 Å². The number of ether oxygens (including phenoxy) is 1. The average molecular weight is 379 g/mol. The van der Waals surface area contributed by atoms with Gasteiger partial charge in [-0.2, -0.15) is 5.26 Å². The van der Waals surface area contributed by atoms with E-state index in [0.717, 1.165) is 4.57 Å². The molecule has 9 nitrogen and oxygen atoms in total. The summed E-state index contributed by atoms with van der Waals surface area (Å²) in [5.41, 5.74) is 1.20. The zero-order valence-corrected chi connectivity index (χ0v) is 15.1. The molecule has 4 rings (SSSR count). The molecule has 1 saturated heterocycles. The molecule has 0 aromatic carbocycles. The molecular weight excluding hydrogens is 362 g/mol. The highest BCUT2D eigenvalue weighted by atomic mass is 16.6. The number of nitriles is 1. The minimum atomic E-state index is -0.510. The lowest BCUT2D eigenvalue weighted by atomic mass is 10.2. The number of fused-ring (bicyclic) bond motifs is 5. The van der Waals surface area contributed by atoms with Crippen molar-refractivity contribution in [1.82, 2.24) is 19.0 Å². The molecule has 1 amide bonds. The number of aromatic nitrogens is 3. The highest BCUT2D eigenvalue weighted by Gasteiger charge is 2.49. The van der Waals surface area contributed by atoms with Gasteiger partial charge < -0.3 is 9.84 Å². The number of hydrogen-bond donors (Lipinski definition) is 1. The van der Waals surface area contributed by atoms with E-state index in [1.54, 1.807) is 13.0 Å². The van der Waals surface area contributed by atoms with Gasteiger partial charge in [0.1, 0.15) is 24.1 Å². The van der Waals surface area contributed by atoms with Crippen LogP contribution in [0.2, 0.25) is 0 Å². The number of imidazole rings is 1. The normalized spacial score (nSPS) is 19.2. The van der Waals surface area contributed by atoms with E-state index in [-0.39, 0.29) is 24.2 Å². The van der Waals surface area contributed by atoms with Crippen LogP contribution in [-0.2, 0) is 4.74 Å². The van der Waals surface area contributed by atoms with E-state index in [9.17, 15) is 14.7 Å². The first-order chi connectivity index (χ1) is 13.5. The molecule has 2 aliphatic rings. The Balaban J connectivity index is 1.70. The van der Waals surface area contributed by atoms with Crippen molar-refractivity contribution in [3.63, 3.8) is 0 Å². The van der Waals surface area contributed by atoms with Crippen molar-refractivity contribution in [3.8, 4) is 30.0 Å². The van der Waals surface area contributed by atoms with Crippen molar-refractivity contribution in [2.75, 3.05) is 13.2 Å². The average Bonchev–Trinajstić information content (AvgIpc) is 3.33. The number of aromatic hydroxyl groups is 1. The summed E-state index contributed by atoms with van der Waals surface area (Å²) in [6.07, 6.45) is 6.90. The maximum Gasteiger partial charge on any atom is 0.410 e. The van der Waals surface area contributed by atoms with Crippen LogP contribution in [0.3, 0.4) is 0 Å². The fraction of sp³-hybridized carbons (Fsp3) is 0.368. The quantitative estimate of drug-likeness (QED) is 0.637. The first-order valence-corrected chi connectivity index (χ1v) is 8.78. The van der Waals surface area contributed by atoms with Gasteiger partial charge in [-0.3, -0.25) is 9.47 Å². The fourth-order valence-electron chi connectivity index (χ4n) is 3.96. The molecule has 1 unspecified atom stereocenters. The van der Waals surface area contributed by atoms with Crippen molar-refractivity contribution in [2.24, 2.45) is 0 Å². The Kier molecular flexibility index (Phi) is 4.08. The molecule has 4 heterocycles. The van der Waals surface area contributed by atoms with Gasteiger partial charge in [-0.15, -0.1) is 12.3 Å². The minimum Gasteiger partial charge on any atom is -0.493 e. The Morgan fingerprint density at radius 3 is 3.00 bits per heavy atom. The minimum absolute atomic E-state index is 0.124. The molecule has 1 N–H and O–H groups in total. The van der Waals surface area contributed by atoms with E-state index in [4.69, 9.17) is 16.4 Å². The molecule has 28 heavy (non-hydrogen) atoms. The number of aryl methyl sites for hydroxylation is 1. The number of carbonyl (C=O) groups excluding carboxylic acids is 1. The molecule has 2 aromatic rings. The molecule has 0 spiro atoms. The van der Waals surface area contributed by atoms with Gasteiger partial charge in [0.05, 0.1) is 24.0 Å². The lowest BCUT2D eigenvalue weighted by Gasteiger charge is -2.26. The van der Waals surface area contributed by atoms with Crippen molar-refractivity contribution in [2.45, 2.75) is 31.8 Å². The zero-order valence-electron chi connectivity index (χ0n) is 15.1. The van der Waals surface area contributed by atoms with Crippen molar-refractivity contribution >= 4 is 6.09 Å². The predicted octanol–water partition coefficient (Wildman–Crippen LogP) is 1.38. The number of terminal acetylenes is 1. The molecule has 2 atom stereocenters. The summed E-state index contributed by atoms with van der Waals surface area (Å²) >= 11 is 0. The second-order valence-corrected chi connectivity index (χ2v) is 6.79. The Bertz CT molecular complexity index is 1120. The van der Waals surface area contributed by atoms with Crippen LogP contribution in [0.15, 0.2) is 17.1 Å². The lowest BCUT2D eigenvalue weighted by molar-refractivity contribution is 0.0946. The van der Waals surface area contributed by atoms with E-state index in [1.165, 1.54) is 15.7 Å². The zero-order chi connectivity index (χ0) is 20.0. The molecule has 0 radical (unpaired) electrons. The third kappa shape index (κ3) is 2.44. The van der Waals surface area contributed by atoms with Gasteiger partial charge in [0, 0.05) is 13.0 Å². The summed E-state index contributed by atoms with van der Waals surface area (Å²) in [4.78, 5) is 30.8. The van der Waals surface area contributed by atoms with Crippen LogP contribution in [-0.4, -0.2) is 43.4 Å². The standard InChI is InChI=1S/C19H17N5O4/c1-3-4-5-28-19(27)22-10-13-7-15(22)16-17(25)24(18(26)23(13)16)12-6-11(2)14(8-20)21-9-12/h1,6,9,13,15,25H,4-5,7,10H2,2H3/t13-,15?/m1/s1. The molecule has 2 bridgehead atoms. The van der Waals surface area contributed by atoms with E-state index >= 15 is 0 Å². The smallest absolute Gasteiger partial charge is 0.410 e. The second kappa shape index (κ2) is 6.46. The summed E-state index contributed by atoms with van der Waals surface area (Å²) in [5.74, 6) is 2.17. The Hall–Kier alpha value is -3.72. The largest absolute Gasteiger partial charge is 0.493 e. The Labute approximate surface area is 160 Å². The van der Waals surface area contributed by atoms with Crippen LogP contribution in [0.1, 0.15) is 41.9 Å². The number of likely N-dealkylation sites (tertiary alicyclic amines) is 1. The molecule has 1 fully saturated rings. The molecule has 2 aromatic heterocycles. The van der Waals surface area contributed by atoms with Gasteiger partial charge in [0.15, 0.2) is 0 Å². The third-order valence-corrected chi connectivity index (χ3v) is 5.19. The number of carbonyl (C=O) groups is 1. The third-order valence-electron chi connectivity index (χ3n) is 5.19. The summed E-state index contributed by atoms with van der Waals surface area (Å²) in [7, 11) is 0. The maximum atomic E-state index is 12.9. The van der Waals surface area contributed by atoms with Crippen LogP contribution in [0.4, 0.5) is 4.79 Å². The van der Waals surface area contributed by atoms with Crippen molar-refractivity contribution in [1.29, 1.82) is 5.26 Å². The van der Waals surface area contributed by atoms with E-state index in [0.29, 0.717) is 36.3 Å². The van der Waals surface area contributed by atoms with E-state index in [1.807, 2.05) is 6.07 Å². The Morgan fingerprint density at radius 1 is 1.54 bits per heavy atom. The first-order valence-electron chi connectivity index (χ1n) is 8.78. The number of pyridine rings is 1. The predicted molar refractivity (Wildman–Crippen MR) is 96.8 cm³/mol. The van der Waals surface area contributed by atoms with Gasteiger partial charge in [0.2, 0.25) is 5.88 Å². The topological polar surface area (TPSA) is 113 Å². The first kappa shape index (κ1) is 17.7.